The van der Waals surface area contributed by atoms with Crippen LogP contribution in [0.15, 0.2) is 24.3 Å². The number of carbonyl (C=O) groups is 1. The largest absolute Gasteiger partial charge is 0.469 e. The summed E-state index contributed by atoms with van der Waals surface area (Å²) < 4.78 is 10.8. The van der Waals surface area contributed by atoms with Crippen molar-refractivity contribution in [2.24, 2.45) is 5.92 Å². The Morgan fingerprint density at radius 1 is 1.50 bits per heavy atom. The van der Waals surface area contributed by atoms with E-state index in [0.717, 1.165) is 36.5 Å². The summed E-state index contributed by atoms with van der Waals surface area (Å²) in [6, 6.07) is 7.86. The summed E-state index contributed by atoms with van der Waals surface area (Å²) in [4.78, 5) is 11.2. The van der Waals surface area contributed by atoms with Crippen molar-refractivity contribution in [3.8, 4) is 0 Å². The molecule has 0 aromatic heterocycles. The Hall–Kier alpha value is -1.10. The zero-order chi connectivity index (χ0) is 15.8. The minimum atomic E-state index is -0.192. The van der Waals surface area contributed by atoms with Gasteiger partial charge in [-0.1, -0.05) is 23.7 Å². The van der Waals surface area contributed by atoms with E-state index in [1.165, 1.54) is 7.11 Å². The predicted octanol–water partition coefficient (Wildman–Crippen LogP) is 3.35. The molecule has 1 aromatic carbocycles. The van der Waals surface area contributed by atoms with Crippen molar-refractivity contribution < 1.29 is 14.3 Å². The molecular weight excluding hydrogens is 302 g/mol. The minimum Gasteiger partial charge on any atom is -0.469 e. The maximum atomic E-state index is 11.2. The van der Waals surface area contributed by atoms with E-state index in [2.05, 4.69) is 16.1 Å². The first kappa shape index (κ1) is 17.3. The molecule has 1 N–H and O–H groups in total. The third-order valence-corrected chi connectivity index (χ3v) is 4.23. The summed E-state index contributed by atoms with van der Waals surface area (Å²) in [7, 11) is 1.41. The highest BCUT2D eigenvalue weighted by molar-refractivity contribution is 6.30. The number of nitrogens with one attached hydrogen (secondary N) is 1. The van der Waals surface area contributed by atoms with Crippen LogP contribution in [0, 0.1) is 5.92 Å². The van der Waals surface area contributed by atoms with Crippen molar-refractivity contribution in [1.29, 1.82) is 0 Å². The molecule has 1 aliphatic heterocycles. The fourth-order valence-electron chi connectivity index (χ4n) is 2.85. The van der Waals surface area contributed by atoms with Gasteiger partial charge in [0.15, 0.2) is 0 Å². The number of rotatable bonds is 7. The van der Waals surface area contributed by atoms with Gasteiger partial charge in [0.25, 0.3) is 0 Å². The summed E-state index contributed by atoms with van der Waals surface area (Å²) in [5.74, 6) is 0.243. The fourth-order valence-corrected chi connectivity index (χ4v) is 3.05. The number of benzene rings is 1. The monoisotopic (exact) mass is 325 g/mol. The van der Waals surface area contributed by atoms with Gasteiger partial charge in [0, 0.05) is 30.5 Å². The van der Waals surface area contributed by atoms with Gasteiger partial charge in [-0.2, -0.15) is 0 Å². The topological polar surface area (TPSA) is 47.6 Å². The van der Waals surface area contributed by atoms with E-state index in [4.69, 9.17) is 16.3 Å². The molecule has 1 aromatic rings. The summed E-state index contributed by atoms with van der Waals surface area (Å²) in [6.45, 7) is 2.57. The number of carbonyl (C=O) groups excluding carboxylic acids is 1. The number of esters is 1. The first-order valence-corrected chi connectivity index (χ1v) is 8.23. The molecule has 0 spiro atoms. The van der Waals surface area contributed by atoms with Crippen LogP contribution in [0.5, 0.6) is 0 Å². The molecule has 1 unspecified atom stereocenters. The van der Waals surface area contributed by atoms with Crippen LogP contribution in [0.1, 0.15) is 37.4 Å². The maximum Gasteiger partial charge on any atom is 0.305 e. The van der Waals surface area contributed by atoms with Crippen LogP contribution in [0.25, 0.3) is 0 Å². The van der Waals surface area contributed by atoms with Gasteiger partial charge in [-0.05, 0) is 43.5 Å². The van der Waals surface area contributed by atoms with Crippen molar-refractivity contribution in [2.45, 2.75) is 31.8 Å². The molecule has 1 fully saturated rings. The average Bonchev–Trinajstić information content (AvgIpc) is 2.55. The molecule has 0 saturated carbocycles. The summed E-state index contributed by atoms with van der Waals surface area (Å²) in [5, 5.41) is 4.16. The Bertz CT molecular complexity index is 475. The Balaban J connectivity index is 1.97. The van der Waals surface area contributed by atoms with Crippen LogP contribution in [0.2, 0.25) is 5.02 Å². The zero-order valence-electron chi connectivity index (χ0n) is 13.0. The van der Waals surface area contributed by atoms with Crippen LogP contribution >= 0.6 is 11.6 Å². The molecule has 5 heteroatoms. The van der Waals surface area contributed by atoms with Crippen molar-refractivity contribution in [3.63, 3.8) is 0 Å². The van der Waals surface area contributed by atoms with E-state index in [1.807, 2.05) is 18.2 Å². The molecule has 122 valence electrons. The Morgan fingerprint density at radius 2 is 2.36 bits per heavy atom. The first-order valence-electron chi connectivity index (χ1n) is 7.85. The van der Waals surface area contributed by atoms with Gasteiger partial charge in [0.1, 0.15) is 0 Å². The van der Waals surface area contributed by atoms with Gasteiger partial charge in [-0.15, -0.1) is 0 Å². The lowest BCUT2D eigenvalue weighted by molar-refractivity contribution is -0.141. The lowest BCUT2D eigenvalue weighted by Gasteiger charge is -2.31. The van der Waals surface area contributed by atoms with Crippen LogP contribution < -0.4 is 5.32 Å². The summed E-state index contributed by atoms with van der Waals surface area (Å²) in [5.41, 5.74) is 1.11. The second-order valence-corrected chi connectivity index (χ2v) is 6.07. The van der Waals surface area contributed by atoms with Crippen LogP contribution in [-0.2, 0) is 14.3 Å². The molecule has 0 bridgehead atoms. The van der Waals surface area contributed by atoms with Crippen molar-refractivity contribution in [2.75, 3.05) is 26.8 Å². The number of piperidine rings is 1. The van der Waals surface area contributed by atoms with Gasteiger partial charge in [-0.3, -0.25) is 4.79 Å². The maximum absolute atomic E-state index is 11.2. The molecule has 2 atom stereocenters. The SMILES string of the molecule is COC(=O)CCCOC(c1cccc(Cl)c1)[C@@H]1CCCNC1. The van der Waals surface area contributed by atoms with E-state index in [-0.39, 0.29) is 12.1 Å². The molecule has 22 heavy (non-hydrogen) atoms. The Labute approximate surface area is 137 Å². The van der Waals surface area contributed by atoms with Crippen LogP contribution in [-0.4, -0.2) is 32.8 Å². The molecule has 4 nitrogen and oxygen atoms in total. The van der Waals surface area contributed by atoms with Crippen molar-refractivity contribution in [3.05, 3.63) is 34.9 Å². The predicted molar refractivity (Wildman–Crippen MR) is 87.0 cm³/mol. The van der Waals surface area contributed by atoms with Gasteiger partial charge >= 0.3 is 5.97 Å². The summed E-state index contributed by atoms with van der Waals surface area (Å²) >= 11 is 6.12. The quantitative estimate of drug-likeness (QED) is 0.617. The molecular formula is C17H24ClNO3. The second-order valence-electron chi connectivity index (χ2n) is 5.63. The summed E-state index contributed by atoms with van der Waals surface area (Å²) in [6.07, 6.45) is 3.38. The van der Waals surface area contributed by atoms with Crippen LogP contribution in [0.4, 0.5) is 0 Å². The van der Waals surface area contributed by atoms with Gasteiger partial charge in [0.2, 0.25) is 0 Å². The van der Waals surface area contributed by atoms with Gasteiger partial charge < -0.3 is 14.8 Å². The molecule has 0 aliphatic carbocycles. The van der Waals surface area contributed by atoms with E-state index >= 15 is 0 Å². The number of hydrogen-bond donors (Lipinski definition) is 1. The van der Waals surface area contributed by atoms with Crippen molar-refractivity contribution in [1.82, 2.24) is 5.32 Å². The van der Waals surface area contributed by atoms with Gasteiger partial charge in [-0.25, -0.2) is 0 Å². The smallest absolute Gasteiger partial charge is 0.305 e. The highest BCUT2D eigenvalue weighted by atomic mass is 35.5. The standard InChI is InChI=1S/C17H24ClNO3/c1-21-16(20)8-4-10-22-17(14-6-3-9-19-12-14)13-5-2-7-15(18)11-13/h2,5,7,11,14,17,19H,3-4,6,8-10,12H2,1H3/t14-,17?/m1/s1. The molecule has 1 aliphatic rings. The third kappa shape index (κ3) is 5.27. The van der Waals surface area contributed by atoms with Gasteiger partial charge in [0.05, 0.1) is 13.2 Å². The molecule has 0 radical (unpaired) electrons. The number of ether oxygens (including phenoxy) is 2. The zero-order valence-corrected chi connectivity index (χ0v) is 13.8. The van der Waals surface area contributed by atoms with E-state index in [9.17, 15) is 4.79 Å². The number of hydrogen-bond acceptors (Lipinski definition) is 4. The average molecular weight is 326 g/mol. The number of methoxy groups -OCH3 is 1. The number of halogens is 1. The molecule has 1 saturated heterocycles. The highest BCUT2D eigenvalue weighted by Crippen LogP contribution is 2.32. The Kier molecular flexibility index (Phi) is 7.16. The van der Waals surface area contributed by atoms with E-state index < -0.39 is 0 Å². The Morgan fingerprint density at radius 3 is 3.05 bits per heavy atom. The van der Waals surface area contributed by atoms with E-state index in [1.54, 1.807) is 0 Å². The lowest BCUT2D eigenvalue weighted by atomic mass is 9.89. The van der Waals surface area contributed by atoms with Crippen LogP contribution in [0.3, 0.4) is 0 Å². The second kappa shape index (κ2) is 9.13. The normalized spacial score (nSPS) is 19.6. The molecule has 0 amide bonds. The fraction of sp³-hybridized carbons (Fsp3) is 0.588. The highest BCUT2D eigenvalue weighted by Gasteiger charge is 2.25. The van der Waals surface area contributed by atoms with E-state index in [0.29, 0.717) is 25.4 Å². The molecule has 2 rings (SSSR count). The lowest BCUT2D eigenvalue weighted by Crippen LogP contribution is -2.34. The minimum absolute atomic E-state index is 0.0177. The van der Waals surface area contributed by atoms with Crippen molar-refractivity contribution >= 4 is 17.6 Å². The third-order valence-electron chi connectivity index (χ3n) is 3.99. The first-order chi connectivity index (χ1) is 10.7. The molecule has 1 heterocycles.